The standard InChI is InChI=1S/C12H10BrF3N2O2/c1-7-3-9(13)11(19-2)4-10(7)18-6-8(5-17-18)20-12(14,15)16/h3-6H,1-2H3. The lowest BCUT2D eigenvalue weighted by molar-refractivity contribution is -0.274. The van der Waals surface area contributed by atoms with Crippen LogP contribution in [0, 0.1) is 6.92 Å². The topological polar surface area (TPSA) is 36.3 Å². The molecule has 0 spiro atoms. The third-order valence-corrected chi connectivity index (χ3v) is 3.13. The molecule has 0 aliphatic rings. The van der Waals surface area contributed by atoms with E-state index in [4.69, 9.17) is 4.74 Å². The van der Waals surface area contributed by atoms with E-state index in [0.717, 1.165) is 22.4 Å². The van der Waals surface area contributed by atoms with Crippen LogP contribution in [-0.2, 0) is 0 Å². The first-order valence-electron chi connectivity index (χ1n) is 5.45. The van der Waals surface area contributed by atoms with E-state index in [1.54, 1.807) is 12.1 Å². The zero-order valence-electron chi connectivity index (χ0n) is 10.5. The van der Waals surface area contributed by atoms with Gasteiger partial charge in [-0.15, -0.1) is 13.2 Å². The second-order valence-corrected chi connectivity index (χ2v) is 4.80. The number of halogens is 4. The van der Waals surface area contributed by atoms with Gasteiger partial charge in [-0.1, -0.05) is 0 Å². The number of hydrogen-bond donors (Lipinski definition) is 0. The van der Waals surface area contributed by atoms with Crippen molar-refractivity contribution >= 4 is 15.9 Å². The van der Waals surface area contributed by atoms with Gasteiger partial charge >= 0.3 is 6.36 Å². The number of benzene rings is 1. The molecule has 2 aromatic rings. The molecule has 0 N–H and O–H groups in total. The molecule has 0 aliphatic carbocycles. The Balaban J connectivity index is 2.37. The molecule has 20 heavy (non-hydrogen) atoms. The van der Waals surface area contributed by atoms with Crippen LogP contribution in [0.2, 0.25) is 0 Å². The lowest BCUT2D eigenvalue weighted by atomic mass is 10.2. The van der Waals surface area contributed by atoms with Gasteiger partial charge in [-0.05, 0) is 34.5 Å². The van der Waals surface area contributed by atoms with Crippen molar-refractivity contribution in [2.75, 3.05) is 7.11 Å². The number of aromatic nitrogens is 2. The maximum atomic E-state index is 12.1. The van der Waals surface area contributed by atoms with Crippen molar-refractivity contribution in [1.29, 1.82) is 0 Å². The summed E-state index contributed by atoms with van der Waals surface area (Å²) in [5, 5.41) is 3.86. The molecule has 2 rings (SSSR count). The fraction of sp³-hybridized carbons (Fsp3) is 0.250. The van der Waals surface area contributed by atoms with E-state index in [1.165, 1.54) is 11.8 Å². The molecule has 0 bridgehead atoms. The summed E-state index contributed by atoms with van der Waals surface area (Å²) >= 11 is 3.33. The van der Waals surface area contributed by atoms with Crippen molar-refractivity contribution in [1.82, 2.24) is 9.78 Å². The molecular formula is C12H10BrF3N2O2. The second-order valence-electron chi connectivity index (χ2n) is 3.94. The number of rotatable bonds is 3. The summed E-state index contributed by atoms with van der Waals surface area (Å²) < 4.78 is 47.4. The molecular weight excluding hydrogens is 341 g/mol. The van der Waals surface area contributed by atoms with Gasteiger partial charge in [0.25, 0.3) is 0 Å². The highest BCUT2D eigenvalue weighted by Gasteiger charge is 2.31. The second kappa shape index (κ2) is 5.35. The molecule has 0 aliphatic heterocycles. The molecule has 0 radical (unpaired) electrons. The van der Waals surface area contributed by atoms with E-state index in [9.17, 15) is 13.2 Å². The summed E-state index contributed by atoms with van der Waals surface area (Å²) in [5.74, 6) is 0.179. The molecule has 1 aromatic carbocycles. The lowest BCUT2D eigenvalue weighted by Gasteiger charge is -2.10. The summed E-state index contributed by atoms with van der Waals surface area (Å²) in [7, 11) is 1.50. The predicted octanol–water partition coefficient (Wildman–Crippen LogP) is 3.85. The number of hydrogen-bond acceptors (Lipinski definition) is 3. The number of aryl methyl sites for hydroxylation is 1. The maximum Gasteiger partial charge on any atom is 0.573 e. The average molecular weight is 351 g/mol. The number of methoxy groups -OCH3 is 1. The molecule has 0 amide bonds. The third kappa shape index (κ3) is 3.24. The fourth-order valence-electron chi connectivity index (χ4n) is 1.67. The molecule has 0 saturated heterocycles. The minimum Gasteiger partial charge on any atom is -0.495 e. The Labute approximate surface area is 121 Å². The van der Waals surface area contributed by atoms with E-state index in [-0.39, 0.29) is 5.75 Å². The number of nitrogens with zero attached hydrogens (tertiary/aromatic N) is 2. The van der Waals surface area contributed by atoms with Crippen LogP contribution < -0.4 is 9.47 Å². The number of alkyl halides is 3. The minimum atomic E-state index is -4.74. The predicted molar refractivity (Wildman–Crippen MR) is 69.2 cm³/mol. The number of ether oxygens (including phenoxy) is 2. The van der Waals surface area contributed by atoms with Crippen LogP contribution >= 0.6 is 15.9 Å². The van der Waals surface area contributed by atoms with Gasteiger partial charge in [0, 0.05) is 6.07 Å². The normalized spacial score (nSPS) is 11.5. The lowest BCUT2D eigenvalue weighted by Crippen LogP contribution is -2.16. The van der Waals surface area contributed by atoms with Crippen molar-refractivity contribution in [2.24, 2.45) is 0 Å². The fourth-order valence-corrected chi connectivity index (χ4v) is 2.29. The van der Waals surface area contributed by atoms with Crippen molar-refractivity contribution in [3.05, 3.63) is 34.6 Å². The molecule has 0 fully saturated rings. The van der Waals surface area contributed by atoms with Gasteiger partial charge in [0.1, 0.15) is 5.75 Å². The molecule has 1 aromatic heterocycles. The van der Waals surface area contributed by atoms with E-state index >= 15 is 0 Å². The summed E-state index contributed by atoms with van der Waals surface area (Å²) in [6.45, 7) is 1.81. The Morgan fingerprint density at radius 2 is 2.00 bits per heavy atom. The Morgan fingerprint density at radius 1 is 1.30 bits per heavy atom. The highest BCUT2D eigenvalue weighted by Crippen LogP contribution is 2.31. The highest BCUT2D eigenvalue weighted by molar-refractivity contribution is 9.10. The van der Waals surface area contributed by atoms with Crippen molar-refractivity contribution < 1.29 is 22.6 Å². The van der Waals surface area contributed by atoms with Crippen LogP contribution in [0.5, 0.6) is 11.5 Å². The van der Waals surface area contributed by atoms with Gasteiger partial charge in [0.2, 0.25) is 0 Å². The maximum absolute atomic E-state index is 12.1. The molecule has 0 saturated carbocycles. The van der Waals surface area contributed by atoms with Crippen LogP contribution in [0.4, 0.5) is 13.2 Å². The Kier molecular flexibility index (Phi) is 3.94. The SMILES string of the molecule is COc1cc(-n2cc(OC(F)(F)F)cn2)c(C)cc1Br. The van der Waals surface area contributed by atoms with Gasteiger partial charge in [-0.3, -0.25) is 0 Å². The monoisotopic (exact) mass is 350 g/mol. The van der Waals surface area contributed by atoms with Gasteiger partial charge < -0.3 is 9.47 Å². The van der Waals surface area contributed by atoms with Crippen LogP contribution in [0.25, 0.3) is 5.69 Å². The van der Waals surface area contributed by atoms with Gasteiger partial charge in [-0.2, -0.15) is 5.10 Å². The van der Waals surface area contributed by atoms with Crippen LogP contribution in [-0.4, -0.2) is 23.3 Å². The Morgan fingerprint density at radius 3 is 2.60 bits per heavy atom. The Hall–Kier alpha value is -1.70. The first-order valence-corrected chi connectivity index (χ1v) is 6.24. The van der Waals surface area contributed by atoms with Crippen molar-refractivity contribution in [3.8, 4) is 17.2 Å². The molecule has 8 heteroatoms. The van der Waals surface area contributed by atoms with E-state index in [1.807, 2.05) is 6.92 Å². The largest absolute Gasteiger partial charge is 0.573 e. The van der Waals surface area contributed by atoms with Gasteiger partial charge in [0.05, 0.1) is 29.7 Å². The molecule has 0 unspecified atom stereocenters. The smallest absolute Gasteiger partial charge is 0.495 e. The Bertz CT molecular complexity index is 626. The van der Waals surface area contributed by atoms with E-state index < -0.39 is 6.36 Å². The summed E-state index contributed by atoms with van der Waals surface area (Å²) in [5.41, 5.74) is 1.42. The van der Waals surface area contributed by atoms with Gasteiger partial charge in [-0.25, -0.2) is 4.68 Å². The minimum absolute atomic E-state index is 0.376. The van der Waals surface area contributed by atoms with Crippen LogP contribution in [0.3, 0.4) is 0 Å². The van der Waals surface area contributed by atoms with Crippen LogP contribution in [0.15, 0.2) is 29.0 Å². The first kappa shape index (κ1) is 14.7. The van der Waals surface area contributed by atoms with E-state index in [2.05, 4.69) is 25.8 Å². The van der Waals surface area contributed by atoms with E-state index in [0.29, 0.717) is 11.4 Å². The zero-order chi connectivity index (χ0) is 14.9. The summed E-state index contributed by atoms with van der Waals surface area (Å²) in [6, 6.07) is 3.46. The molecule has 1 heterocycles. The molecule has 4 nitrogen and oxygen atoms in total. The zero-order valence-corrected chi connectivity index (χ0v) is 12.1. The first-order chi connectivity index (χ1) is 9.30. The third-order valence-electron chi connectivity index (χ3n) is 2.51. The average Bonchev–Trinajstić information content (AvgIpc) is 2.75. The quantitative estimate of drug-likeness (QED) is 0.843. The van der Waals surface area contributed by atoms with Crippen molar-refractivity contribution in [3.63, 3.8) is 0 Å². The molecule has 108 valence electrons. The van der Waals surface area contributed by atoms with Crippen LogP contribution in [0.1, 0.15) is 5.56 Å². The van der Waals surface area contributed by atoms with Gasteiger partial charge in [0.15, 0.2) is 5.75 Å². The van der Waals surface area contributed by atoms with Crippen molar-refractivity contribution in [2.45, 2.75) is 13.3 Å². The summed E-state index contributed by atoms with van der Waals surface area (Å²) in [6.07, 6.45) is -2.58. The highest BCUT2D eigenvalue weighted by atomic mass is 79.9. The molecule has 0 atom stereocenters. The summed E-state index contributed by atoms with van der Waals surface area (Å²) in [4.78, 5) is 0.